The fourth-order valence-electron chi connectivity index (χ4n) is 2.24. The van der Waals surface area contributed by atoms with Crippen molar-refractivity contribution in [3.63, 3.8) is 0 Å². The van der Waals surface area contributed by atoms with Crippen LogP contribution < -0.4 is 16.0 Å². The Balaban J connectivity index is 2.23. The summed E-state index contributed by atoms with van der Waals surface area (Å²) in [7, 11) is 0. The maximum Gasteiger partial charge on any atom is 0.407 e. The third kappa shape index (κ3) is 10.5. The Morgan fingerprint density at radius 1 is 1.07 bits per heavy atom. The van der Waals surface area contributed by atoms with E-state index < -0.39 is 30.6 Å². The predicted molar refractivity (Wildman–Crippen MR) is 96.7 cm³/mol. The first-order chi connectivity index (χ1) is 12.9. The number of nitrogens with one attached hydrogen (secondary N) is 3. The lowest BCUT2D eigenvalue weighted by atomic mass is 10.1. The van der Waals surface area contributed by atoms with Gasteiger partial charge >= 0.3 is 12.1 Å². The van der Waals surface area contributed by atoms with E-state index in [1.807, 2.05) is 30.3 Å². The number of benzene rings is 1. The highest BCUT2D eigenvalue weighted by Crippen LogP contribution is 2.03. The summed E-state index contributed by atoms with van der Waals surface area (Å²) < 4.78 is 5.07. The highest BCUT2D eigenvalue weighted by molar-refractivity contribution is 5.88. The number of carbonyl (C=O) groups is 4. The normalized spacial score (nSPS) is 11.1. The second-order valence-corrected chi connectivity index (χ2v) is 5.85. The van der Waals surface area contributed by atoms with Crippen LogP contribution in [-0.2, 0) is 25.7 Å². The van der Waals surface area contributed by atoms with Crippen molar-refractivity contribution in [3.05, 3.63) is 35.9 Å². The topological polar surface area (TPSA) is 134 Å². The van der Waals surface area contributed by atoms with Crippen LogP contribution >= 0.6 is 0 Å². The van der Waals surface area contributed by atoms with Crippen molar-refractivity contribution < 1.29 is 29.0 Å². The van der Waals surface area contributed by atoms with Crippen molar-refractivity contribution in [3.8, 4) is 0 Å². The average molecular weight is 379 g/mol. The van der Waals surface area contributed by atoms with Gasteiger partial charge in [0.15, 0.2) is 0 Å². The average Bonchev–Trinajstić information content (AvgIpc) is 2.63. The van der Waals surface area contributed by atoms with E-state index in [4.69, 9.17) is 9.84 Å². The Hall–Kier alpha value is -3.10. The zero-order valence-corrected chi connectivity index (χ0v) is 15.2. The fourth-order valence-corrected chi connectivity index (χ4v) is 2.24. The number of hydrogen-bond donors (Lipinski definition) is 4. The van der Waals surface area contributed by atoms with Gasteiger partial charge in [-0.05, 0) is 24.8 Å². The Bertz CT molecular complexity index is 635. The summed E-state index contributed by atoms with van der Waals surface area (Å²) in [5, 5.41) is 15.9. The molecule has 0 aliphatic heterocycles. The zero-order chi connectivity index (χ0) is 20.1. The van der Waals surface area contributed by atoms with Crippen LogP contribution in [0.25, 0.3) is 0 Å². The molecule has 0 spiro atoms. The highest BCUT2D eigenvalue weighted by atomic mass is 16.5. The van der Waals surface area contributed by atoms with Crippen LogP contribution in [0.3, 0.4) is 0 Å². The largest absolute Gasteiger partial charge is 0.480 e. The Labute approximate surface area is 157 Å². The molecule has 0 aliphatic rings. The lowest BCUT2D eigenvalue weighted by molar-refractivity contribution is -0.138. The van der Waals surface area contributed by atoms with Gasteiger partial charge in [-0.15, -0.1) is 0 Å². The molecular weight excluding hydrogens is 354 g/mol. The molecule has 148 valence electrons. The molecule has 0 aromatic heterocycles. The first kappa shape index (κ1) is 21.9. The van der Waals surface area contributed by atoms with E-state index in [2.05, 4.69) is 16.0 Å². The summed E-state index contributed by atoms with van der Waals surface area (Å²) in [6.45, 7) is 1.31. The zero-order valence-electron chi connectivity index (χ0n) is 15.2. The Morgan fingerprint density at radius 2 is 1.78 bits per heavy atom. The van der Waals surface area contributed by atoms with Crippen LogP contribution in [0.2, 0.25) is 0 Å². The Morgan fingerprint density at radius 3 is 2.41 bits per heavy atom. The van der Waals surface area contributed by atoms with E-state index in [0.717, 1.165) is 5.56 Å². The van der Waals surface area contributed by atoms with E-state index >= 15 is 0 Å². The van der Waals surface area contributed by atoms with Gasteiger partial charge in [-0.1, -0.05) is 30.3 Å². The van der Waals surface area contributed by atoms with Gasteiger partial charge in [-0.3, -0.25) is 14.4 Å². The number of hydrogen-bond acceptors (Lipinski definition) is 5. The third-order valence-corrected chi connectivity index (χ3v) is 3.51. The van der Waals surface area contributed by atoms with Crippen molar-refractivity contribution in [1.82, 2.24) is 16.0 Å². The maximum absolute atomic E-state index is 11.9. The van der Waals surface area contributed by atoms with Crippen LogP contribution in [0, 0.1) is 0 Å². The molecule has 0 fully saturated rings. The molecular formula is C18H25N3O6. The van der Waals surface area contributed by atoms with Crippen molar-refractivity contribution in [1.29, 1.82) is 0 Å². The number of unbranched alkanes of at least 4 members (excludes halogenated alkanes) is 1. The molecule has 1 atom stereocenters. The second-order valence-electron chi connectivity index (χ2n) is 5.85. The van der Waals surface area contributed by atoms with Gasteiger partial charge in [0.2, 0.25) is 11.8 Å². The van der Waals surface area contributed by atoms with E-state index in [1.54, 1.807) is 0 Å². The molecule has 9 nitrogen and oxygen atoms in total. The monoisotopic (exact) mass is 379 g/mol. The molecule has 0 radical (unpaired) electrons. The van der Waals surface area contributed by atoms with Gasteiger partial charge in [0, 0.05) is 13.5 Å². The lowest BCUT2D eigenvalue weighted by Crippen LogP contribution is -2.47. The van der Waals surface area contributed by atoms with Crippen molar-refractivity contribution in [2.75, 3.05) is 13.1 Å². The molecule has 0 heterocycles. The molecule has 3 amide bonds. The lowest BCUT2D eigenvalue weighted by Gasteiger charge is -2.17. The summed E-state index contributed by atoms with van der Waals surface area (Å²) in [5.74, 6) is -2.10. The number of amides is 3. The van der Waals surface area contributed by atoms with Crippen LogP contribution in [0.15, 0.2) is 30.3 Å². The second kappa shape index (κ2) is 12.3. The van der Waals surface area contributed by atoms with Crippen LogP contribution in [0.1, 0.15) is 31.7 Å². The molecule has 4 N–H and O–H groups in total. The number of aliphatic carboxylic acids is 1. The number of alkyl carbamates (subject to hydrolysis) is 1. The summed E-state index contributed by atoms with van der Waals surface area (Å²) in [4.78, 5) is 45.2. The smallest absolute Gasteiger partial charge is 0.407 e. The van der Waals surface area contributed by atoms with Crippen LogP contribution in [0.4, 0.5) is 4.79 Å². The third-order valence-electron chi connectivity index (χ3n) is 3.51. The maximum atomic E-state index is 11.9. The summed E-state index contributed by atoms with van der Waals surface area (Å²) >= 11 is 0. The van der Waals surface area contributed by atoms with Crippen LogP contribution in [-0.4, -0.2) is 48.1 Å². The first-order valence-corrected chi connectivity index (χ1v) is 8.59. The molecule has 0 saturated heterocycles. The standard InChI is InChI=1S/C18H25N3O6/c1-13(22)21-15(17(25)20-11-16(23)24)9-5-6-10-19-18(26)27-12-14-7-3-2-4-8-14/h2-4,7-8,15H,5-6,9-12H2,1H3,(H,19,26)(H,20,25)(H,21,22)(H,23,24). The predicted octanol–water partition coefficient (Wildman–Crippen LogP) is 0.789. The molecule has 0 saturated carbocycles. The number of carboxylic acid groups (broad SMARTS) is 1. The van der Waals surface area contributed by atoms with Crippen LogP contribution in [0.5, 0.6) is 0 Å². The summed E-state index contributed by atoms with van der Waals surface area (Å²) in [6.07, 6.45) is 0.912. The van der Waals surface area contributed by atoms with E-state index in [0.29, 0.717) is 25.8 Å². The number of rotatable bonds is 11. The minimum atomic E-state index is -1.16. The molecule has 1 unspecified atom stereocenters. The van der Waals surface area contributed by atoms with Gasteiger partial charge in [0.25, 0.3) is 0 Å². The summed E-state index contributed by atoms with van der Waals surface area (Å²) in [5.41, 5.74) is 0.887. The van der Waals surface area contributed by atoms with Crippen molar-refractivity contribution in [2.24, 2.45) is 0 Å². The van der Waals surface area contributed by atoms with E-state index in [-0.39, 0.29) is 12.5 Å². The van der Waals surface area contributed by atoms with Gasteiger partial charge in [-0.25, -0.2) is 4.79 Å². The summed E-state index contributed by atoms with van der Waals surface area (Å²) in [6, 6.07) is 8.48. The minimum Gasteiger partial charge on any atom is -0.480 e. The molecule has 1 aromatic rings. The Kier molecular flexibility index (Phi) is 9.98. The quantitative estimate of drug-likeness (QED) is 0.420. The first-order valence-electron chi connectivity index (χ1n) is 8.59. The molecule has 0 bridgehead atoms. The van der Waals surface area contributed by atoms with E-state index in [9.17, 15) is 19.2 Å². The highest BCUT2D eigenvalue weighted by Gasteiger charge is 2.19. The molecule has 9 heteroatoms. The van der Waals surface area contributed by atoms with Crippen molar-refractivity contribution in [2.45, 2.75) is 38.8 Å². The molecule has 0 aliphatic carbocycles. The van der Waals surface area contributed by atoms with Gasteiger partial charge in [-0.2, -0.15) is 0 Å². The van der Waals surface area contributed by atoms with Crippen molar-refractivity contribution >= 4 is 23.9 Å². The fraction of sp³-hybridized carbons (Fsp3) is 0.444. The van der Waals surface area contributed by atoms with Gasteiger partial charge in [0.1, 0.15) is 19.2 Å². The van der Waals surface area contributed by atoms with Gasteiger partial charge < -0.3 is 25.8 Å². The molecule has 1 aromatic carbocycles. The molecule has 1 rings (SSSR count). The van der Waals surface area contributed by atoms with Gasteiger partial charge in [0.05, 0.1) is 0 Å². The number of carbonyl (C=O) groups excluding carboxylic acids is 3. The minimum absolute atomic E-state index is 0.182. The number of carboxylic acids is 1. The van der Waals surface area contributed by atoms with E-state index in [1.165, 1.54) is 6.92 Å². The molecule has 27 heavy (non-hydrogen) atoms. The SMILES string of the molecule is CC(=O)NC(CCCCNC(=O)OCc1ccccc1)C(=O)NCC(=O)O. The number of ether oxygens (including phenoxy) is 1.